The summed E-state index contributed by atoms with van der Waals surface area (Å²) in [4.78, 5) is 14.3. The summed E-state index contributed by atoms with van der Waals surface area (Å²) < 4.78 is 0. The fraction of sp³-hybridized carbons (Fsp3) is 0.588. The molecule has 1 amide bonds. The molecule has 0 bridgehead atoms. The van der Waals surface area contributed by atoms with Gasteiger partial charge in [-0.2, -0.15) is 0 Å². The lowest BCUT2D eigenvalue weighted by atomic mass is 9.82. The maximum atomic E-state index is 12.4. The van der Waals surface area contributed by atoms with E-state index in [2.05, 4.69) is 0 Å². The van der Waals surface area contributed by atoms with E-state index >= 15 is 0 Å². The molecule has 2 rings (SSSR count). The number of carbonyl (C=O) groups excluding carboxylic acids is 1. The van der Waals surface area contributed by atoms with Gasteiger partial charge in [0, 0.05) is 24.7 Å². The van der Waals surface area contributed by atoms with Gasteiger partial charge in [0.05, 0.1) is 0 Å². The Morgan fingerprint density at radius 2 is 1.87 bits per heavy atom. The van der Waals surface area contributed by atoms with Crippen LogP contribution in [0.15, 0.2) is 30.3 Å². The van der Waals surface area contributed by atoms with Gasteiger partial charge in [0.25, 0.3) is 5.91 Å². The highest BCUT2D eigenvalue weighted by molar-refractivity contribution is 6.40. The average molecular weight is 318 g/mol. The molecule has 1 aliphatic rings. The molecular weight excluding hydrogens is 291 g/mol. The van der Waals surface area contributed by atoms with Crippen LogP contribution < -0.4 is 5.73 Å². The summed E-state index contributed by atoms with van der Waals surface area (Å²) in [5.74, 6) is 0.559. The van der Waals surface area contributed by atoms with Gasteiger partial charge in [-0.15, -0.1) is 0 Å². The van der Waals surface area contributed by atoms with Crippen LogP contribution in [0.1, 0.15) is 42.5 Å². The van der Waals surface area contributed by atoms with Crippen LogP contribution in [0.25, 0.3) is 0 Å². The molecule has 126 valence electrons. The zero-order valence-corrected chi connectivity index (χ0v) is 13.6. The Kier molecular flexibility index (Phi) is 7.08. The molecule has 6 heteroatoms. The number of carbonyl (C=O) groups is 1. The van der Waals surface area contributed by atoms with Crippen molar-refractivity contribution in [1.29, 1.82) is 0 Å². The van der Waals surface area contributed by atoms with Gasteiger partial charge in [-0.05, 0) is 43.6 Å². The predicted molar refractivity (Wildman–Crippen MR) is 91.9 cm³/mol. The third kappa shape index (κ3) is 5.64. The molecule has 5 nitrogen and oxygen atoms in total. The Hall–Kier alpha value is -1.37. The molecule has 4 N–H and O–H groups in total. The number of nitrogens with two attached hydrogens (primary N) is 1. The monoisotopic (exact) mass is 318 g/mol. The van der Waals surface area contributed by atoms with Crippen molar-refractivity contribution in [1.82, 2.24) is 4.90 Å². The molecule has 1 heterocycles. The number of hydrogen-bond acceptors (Lipinski definition) is 4. The number of hydrogen-bond donors (Lipinski definition) is 3. The molecule has 1 aliphatic heterocycles. The van der Waals surface area contributed by atoms with Crippen LogP contribution >= 0.6 is 0 Å². The SMILES string of the molecule is NC(CCCCB(O)O)C1CCN(C(=O)c2ccccc2)CC1. The Bertz CT molecular complexity index is 476. The van der Waals surface area contributed by atoms with E-state index in [0.29, 0.717) is 12.2 Å². The second kappa shape index (κ2) is 9.06. The van der Waals surface area contributed by atoms with Crippen molar-refractivity contribution in [2.24, 2.45) is 11.7 Å². The lowest BCUT2D eigenvalue weighted by Crippen LogP contribution is -2.43. The first-order valence-corrected chi connectivity index (χ1v) is 8.54. The van der Waals surface area contributed by atoms with Crippen LogP contribution in [0.3, 0.4) is 0 Å². The minimum atomic E-state index is -1.21. The Morgan fingerprint density at radius 3 is 2.48 bits per heavy atom. The van der Waals surface area contributed by atoms with Gasteiger partial charge in [0.2, 0.25) is 0 Å². The third-order valence-corrected chi connectivity index (χ3v) is 4.70. The van der Waals surface area contributed by atoms with Crippen LogP contribution in [0, 0.1) is 5.92 Å². The number of unbranched alkanes of at least 4 members (excludes halogenated alkanes) is 1. The number of amides is 1. The molecule has 1 unspecified atom stereocenters. The van der Waals surface area contributed by atoms with E-state index in [1.54, 1.807) is 0 Å². The van der Waals surface area contributed by atoms with Crippen LogP contribution in [-0.2, 0) is 0 Å². The highest BCUT2D eigenvalue weighted by Gasteiger charge is 2.26. The first kappa shape index (κ1) is 18.0. The number of piperidine rings is 1. The zero-order valence-electron chi connectivity index (χ0n) is 13.6. The molecule has 1 aromatic carbocycles. The van der Waals surface area contributed by atoms with E-state index in [9.17, 15) is 4.79 Å². The van der Waals surface area contributed by atoms with Gasteiger partial charge < -0.3 is 20.7 Å². The minimum absolute atomic E-state index is 0.106. The molecule has 0 spiro atoms. The van der Waals surface area contributed by atoms with E-state index in [4.69, 9.17) is 15.8 Å². The smallest absolute Gasteiger partial charge is 0.427 e. The van der Waals surface area contributed by atoms with E-state index < -0.39 is 7.12 Å². The fourth-order valence-electron chi connectivity index (χ4n) is 3.24. The minimum Gasteiger partial charge on any atom is -0.427 e. The summed E-state index contributed by atoms with van der Waals surface area (Å²) in [6.07, 6.45) is 4.92. The van der Waals surface area contributed by atoms with Crippen LogP contribution in [0.2, 0.25) is 6.32 Å². The number of nitrogens with zero attached hydrogens (tertiary/aromatic N) is 1. The topological polar surface area (TPSA) is 86.8 Å². The molecule has 1 atom stereocenters. The molecule has 0 aromatic heterocycles. The van der Waals surface area contributed by atoms with Crippen molar-refractivity contribution in [3.8, 4) is 0 Å². The molecule has 23 heavy (non-hydrogen) atoms. The first-order valence-electron chi connectivity index (χ1n) is 8.54. The summed E-state index contributed by atoms with van der Waals surface area (Å²) in [7, 11) is -1.21. The summed E-state index contributed by atoms with van der Waals surface area (Å²) in [6, 6.07) is 9.54. The second-order valence-electron chi connectivity index (χ2n) is 6.42. The number of rotatable bonds is 7. The number of likely N-dealkylation sites (tertiary alicyclic amines) is 1. The lowest BCUT2D eigenvalue weighted by molar-refractivity contribution is 0.0676. The zero-order chi connectivity index (χ0) is 16.7. The van der Waals surface area contributed by atoms with Gasteiger partial charge >= 0.3 is 7.12 Å². The Morgan fingerprint density at radius 1 is 1.22 bits per heavy atom. The van der Waals surface area contributed by atoms with E-state index in [1.165, 1.54) is 0 Å². The van der Waals surface area contributed by atoms with E-state index in [0.717, 1.165) is 50.8 Å². The van der Waals surface area contributed by atoms with Gasteiger partial charge in [-0.25, -0.2) is 0 Å². The standard InChI is InChI=1S/C17H27BN2O3/c19-16(8-4-5-11-18(22)23)14-9-12-20(13-10-14)17(21)15-6-2-1-3-7-15/h1-3,6-7,14,16,22-23H,4-5,8-13,19H2. The first-order chi connectivity index (χ1) is 11.1. The largest absolute Gasteiger partial charge is 0.451 e. The van der Waals surface area contributed by atoms with E-state index in [-0.39, 0.29) is 11.9 Å². The maximum absolute atomic E-state index is 12.4. The van der Waals surface area contributed by atoms with Crippen molar-refractivity contribution < 1.29 is 14.8 Å². The summed E-state index contributed by atoms with van der Waals surface area (Å²) >= 11 is 0. The molecule has 1 fully saturated rings. The lowest BCUT2D eigenvalue weighted by Gasteiger charge is -2.35. The van der Waals surface area contributed by atoms with Crippen LogP contribution in [-0.4, -0.2) is 47.1 Å². The third-order valence-electron chi connectivity index (χ3n) is 4.70. The highest BCUT2D eigenvalue weighted by Crippen LogP contribution is 2.23. The van der Waals surface area contributed by atoms with Crippen molar-refractivity contribution in [3.05, 3.63) is 35.9 Å². The van der Waals surface area contributed by atoms with Crippen LogP contribution in [0.4, 0.5) is 0 Å². The summed E-state index contributed by atoms with van der Waals surface area (Å²) in [6.45, 7) is 1.53. The summed E-state index contributed by atoms with van der Waals surface area (Å²) in [5, 5.41) is 17.7. The maximum Gasteiger partial charge on any atom is 0.451 e. The van der Waals surface area contributed by atoms with Gasteiger partial charge in [0.15, 0.2) is 0 Å². The van der Waals surface area contributed by atoms with Crippen molar-refractivity contribution in [3.63, 3.8) is 0 Å². The van der Waals surface area contributed by atoms with Gasteiger partial charge in [0.1, 0.15) is 0 Å². The summed E-state index contributed by atoms with van der Waals surface area (Å²) in [5.41, 5.74) is 7.02. The Labute approximate surface area is 138 Å². The van der Waals surface area contributed by atoms with E-state index in [1.807, 2.05) is 35.2 Å². The fourth-order valence-corrected chi connectivity index (χ4v) is 3.24. The molecular formula is C17H27BN2O3. The quantitative estimate of drug-likeness (QED) is 0.525. The molecule has 1 aromatic rings. The predicted octanol–water partition coefficient (Wildman–Crippen LogP) is 1.51. The molecule has 0 aliphatic carbocycles. The Balaban J connectivity index is 1.72. The van der Waals surface area contributed by atoms with Gasteiger partial charge in [-0.3, -0.25) is 4.79 Å². The van der Waals surface area contributed by atoms with Crippen molar-refractivity contribution in [2.75, 3.05) is 13.1 Å². The van der Waals surface area contributed by atoms with Crippen molar-refractivity contribution >= 4 is 13.0 Å². The highest BCUT2D eigenvalue weighted by atomic mass is 16.4. The molecule has 0 radical (unpaired) electrons. The molecule has 1 saturated heterocycles. The second-order valence-corrected chi connectivity index (χ2v) is 6.42. The van der Waals surface area contributed by atoms with Crippen molar-refractivity contribution in [2.45, 2.75) is 44.5 Å². The van der Waals surface area contributed by atoms with Gasteiger partial charge in [-0.1, -0.05) is 31.0 Å². The molecule has 0 saturated carbocycles. The average Bonchev–Trinajstić information content (AvgIpc) is 2.58. The number of benzene rings is 1. The van der Waals surface area contributed by atoms with Crippen LogP contribution in [0.5, 0.6) is 0 Å². The normalized spacial score (nSPS) is 17.1.